The van der Waals surface area contributed by atoms with Crippen molar-refractivity contribution >= 4 is 17.2 Å². The maximum Gasteiger partial charge on any atom is 0.234 e. The van der Waals surface area contributed by atoms with E-state index in [9.17, 15) is 4.79 Å². The lowest BCUT2D eigenvalue weighted by Crippen LogP contribution is -2.40. The fourth-order valence-corrected chi connectivity index (χ4v) is 3.36. The number of amides is 1. The first kappa shape index (κ1) is 14.0. The van der Waals surface area contributed by atoms with Gasteiger partial charge in [0.2, 0.25) is 5.91 Å². The van der Waals surface area contributed by atoms with Crippen LogP contribution in [-0.2, 0) is 16.1 Å². The second kappa shape index (κ2) is 6.70. The number of thiophene rings is 1. The number of carbonyl (C=O) groups excluding carboxylic acids is 1. The van der Waals surface area contributed by atoms with Gasteiger partial charge in [0.1, 0.15) is 0 Å². The number of nitrogens with one attached hydrogen (secondary N) is 1. The van der Waals surface area contributed by atoms with Gasteiger partial charge in [-0.2, -0.15) is 0 Å². The van der Waals surface area contributed by atoms with Crippen LogP contribution in [-0.4, -0.2) is 42.6 Å². The molecule has 1 unspecified atom stereocenters. The highest BCUT2D eigenvalue weighted by molar-refractivity contribution is 7.09. The molecule has 0 bridgehead atoms. The Morgan fingerprint density at radius 2 is 2.35 bits per heavy atom. The van der Waals surface area contributed by atoms with Crippen molar-refractivity contribution in [3.8, 4) is 0 Å². The van der Waals surface area contributed by atoms with Gasteiger partial charge in [-0.25, -0.2) is 0 Å². The second-order valence-corrected chi connectivity index (χ2v) is 6.69. The zero-order chi connectivity index (χ0) is 13.8. The van der Waals surface area contributed by atoms with Crippen LogP contribution in [0.2, 0.25) is 0 Å². The molecule has 1 aliphatic heterocycles. The Balaban J connectivity index is 1.44. The summed E-state index contributed by atoms with van der Waals surface area (Å²) in [5.74, 6) is 0.129. The average molecular weight is 294 g/mol. The van der Waals surface area contributed by atoms with Gasteiger partial charge < -0.3 is 10.1 Å². The smallest absolute Gasteiger partial charge is 0.234 e. The van der Waals surface area contributed by atoms with E-state index < -0.39 is 0 Å². The predicted molar refractivity (Wildman–Crippen MR) is 79.7 cm³/mol. The van der Waals surface area contributed by atoms with Gasteiger partial charge in [0, 0.05) is 30.6 Å². The number of carbonyl (C=O) groups is 1. The fourth-order valence-electron chi connectivity index (χ4n) is 2.63. The Kier molecular flexibility index (Phi) is 4.70. The quantitative estimate of drug-likeness (QED) is 0.836. The van der Waals surface area contributed by atoms with Gasteiger partial charge in [-0.05, 0) is 37.1 Å². The maximum atomic E-state index is 12.1. The molecule has 2 heterocycles. The van der Waals surface area contributed by atoms with Crippen LogP contribution < -0.4 is 5.32 Å². The summed E-state index contributed by atoms with van der Waals surface area (Å²) in [6.07, 6.45) is 4.87. The predicted octanol–water partition coefficient (Wildman–Crippen LogP) is 2.01. The van der Waals surface area contributed by atoms with Crippen LogP contribution in [0.15, 0.2) is 17.5 Å². The molecule has 2 aliphatic rings. The Bertz CT molecular complexity index is 425. The summed E-state index contributed by atoms with van der Waals surface area (Å²) in [4.78, 5) is 15.7. The molecular weight excluding hydrogens is 272 g/mol. The summed E-state index contributed by atoms with van der Waals surface area (Å²) >= 11 is 1.76. The molecule has 3 rings (SSSR count). The summed E-state index contributed by atoms with van der Waals surface area (Å²) in [7, 11) is 0. The molecule has 1 amide bonds. The number of nitrogens with zero attached hydrogens (tertiary/aromatic N) is 1. The first-order valence-electron chi connectivity index (χ1n) is 7.46. The lowest BCUT2D eigenvalue weighted by Gasteiger charge is -2.21. The zero-order valence-electron chi connectivity index (χ0n) is 11.7. The molecule has 1 atom stereocenters. The van der Waals surface area contributed by atoms with Gasteiger partial charge in [0.25, 0.3) is 0 Å². The van der Waals surface area contributed by atoms with E-state index >= 15 is 0 Å². The van der Waals surface area contributed by atoms with Crippen molar-refractivity contribution in [2.24, 2.45) is 0 Å². The maximum absolute atomic E-state index is 12.1. The Labute approximate surface area is 124 Å². The molecule has 20 heavy (non-hydrogen) atoms. The highest BCUT2D eigenvalue weighted by Gasteiger charge is 2.30. The van der Waals surface area contributed by atoms with Gasteiger partial charge in [0.15, 0.2) is 0 Å². The lowest BCUT2D eigenvalue weighted by molar-refractivity contribution is -0.123. The van der Waals surface area contributed by atoms with Gasteiger partial charge >= 0.3 is 0 Å². The van der Waals surface area contributed by atoms with Gasteiger partial charge in [-0.3, -0.25) is 9.69 Å². The highest BCUT2D eigenvalue weighted by atomic mass is 32.1. The molecule has 1 aromatic rings. The standard InChI is InChI=1S/C15H22N2O2S/c18-15(16-9-13-3-1-7-19-13)11-17(12-5-6-12)10-14-4-2-8-20-14/h2,4,8,12-13H,1,3,5-7,9-11H2,(H,16,18). The number of ether oxygens (including phenoxy) is 1. The van der Waals surface area contributed by atoms with E-state index in [2.05, 4.69) is 27.7 Å². The van der Waals surface area contributed by atoms with Crippen LogP contribution >= 0.6 is 11.3 Å². The van der Waals surface area contributed by atoms with E-state index in [1.165, 1.54) is 17.7 Å². The van der Waals surface area contributed by atoms with E-state index in [1.54, 1.807) is 11.3 Å². The van der Waals surface area contributed by atoms with Crippen molar-refractivity contribution in [2.75, 3.05) is 19.7 Å². The van der Waals surface area contributed by atoms with Crippen LogP contribution in [0.25, 0.3) is 0 Å². The van der Waals surface area contributed by atoms with Gasteiger partial charge in [-0.1, -0.05) is 6.07 Å². The molecular formula is C15H22N2O2S. The SMILES string of the molecule is O=C(CN(Cc1cccs1)C1CC1)NCC1CCCO1. The number of hydrogen-bond donors (Lipinski definition) is 1. The molecule has 110 valence electrons. The van der Waals surface area contributed by atoms with Crippen LogP contribution in [0.1, 0.15) is 30.6 Å². The average Bonchev–Trinajstić information content (AvgIpc) is 2.94. The van der Waals surface area contributed by atoms with E-state index in [1.807, 2.05) is 0 Å². The summed E-state index contributed by atoms with van der Waals surface area (Å²) in [6, 6.07) is 4.82. The summed E-state index contributed by atoms with van der Waals surface area (Å²) < 4.78 is 5.53. The van der Waals surface area contributed by atoms with Gasteiger partial charge in [-0.15, -0.1) is 11.3 Å². The van der Waals surface area contributed by atoms with E-state index in [4.69, 9.17) is 4.74 Å². The molecule has 4 nitrogen and oxygen atoms in total. The highest BCUT2D eigenvalue weighted by Crippen LogP contribution is 2.28. The Morgan fingerprint density at radius 1 is 1.45 bits per heavy atom. The van der Waals surface area contributed by atoms with Gasteiger partial charge in [0.05, 0.1) is 12.6 Å². The monoisotopic (exact) mass is 294 g/mol. The van der Waals surface area contributed by atoms with Crippen LogP contribution in [0, 0.1) is 0 Å². The largest absolute Gasteiger partial charge is 0.376 e. The molecule has 1 saturated carbocycles. The fraction of sp³-hybridized carbons (Fsp3) is 0.667. The van der Waals surface area contributed by atoms with Crippen molar-refractivity contribution in [1.82, 2.24) is 10.2 Å². The molecule has 1 saturated heterocycles. The van der Waals surface area contributed by atoms with Crippen LogP contribution in [0.5, 0.6) is 0 Å². The lowest BCUT2D eigenvalue weighted by atomic mass is 10.2. The number of hydrogen-bond acceptors (Lipinski definition) is 4. The van der Waals surface area contributed by atoms with Crippen LogP contribution in [0.4, 0.5) is 0 Å². The molecule has 1 aliphatic carbocycles. The summed E-state index contributed by atoms with van der Waals surface area (Å²) in [5, 5.41) is 5.11. The van der Waals surface area contributed by atoms with Crippen molar-refractivity contribution in [2.45, 2.75) is 44.4 Å². The van der Waals surface area contributed by atoms with E-state index in [0.29, 0.717) is 19.1 Å². The van der Waals surface area contributed by atoms with Crippen molar-refractivity contribution in [1.29, 1.82) is 0 Å². The third-order valence-electron chi connectivity index (χ3n) is 3.90. The molecule has 0 radical (unpaired) electrons. The van der Waals surface area contributed by atoms with E-state index in [-0.39, 0.29) is 12.0 Å². The normalized spacial score (nSPS) is 22.4. The summed E-state index contributed by atoms with van der Waals surface area (Å²) in [6.45, 7) is 2.91. The number of rotatable bonds is 7. The minimum Gasteiger partial charge on any atom is -0.376 e. The minimum atomic E-state index is 0.129. The second-order valence-electron chi connectivity index (χ2n) is 5.65. The summed E-state index contributed by atoms with van der Waals surface area (Å²) in [5.41, 5.74) is 0. The third kappa shape index (κ3) is 4.04. The topological polar surface area (TPSA) is 41.6 Å². The molecule has 0 spiro atoms. The molecule has 1 N–H and O–H groups in total. The molecule has 0 aromatic carbocycles. The first-order chi connectivity index (χ1) is 9.81. The Morgan fingerprint density at radius 3 is 3.00 bits per heavy atom. The van der Waals surface area contributed by atoms with Crippen LogP contribution in [0.3, 0.4) is 0 Å². The molecule has 1 aromatic heterocycles. The van der Waals surface area contributed by atoms with Crippen molar-refractivity contribution in [3.63, 3.8) is 0 Å². The zero-order valence-corrected chi connectivity index (χ0v) is 12.5. The van der Waals surface area contributed by atoms with Crippen molar-refractivity contribution < 1.29 is 9.53 Å². The van der Waals surface area contributed by atoms with Crippen molar-refractivity contribution in [3.05, 3.63) is 22.4 Å². The Hall–Kier alpha value is -0.910. The molecule has 2 fully saturated rings. The van der Waals surface area contributed by atoms with E-state index in [0.717, 1.165) is 26.0 Å². The third-order valence-corrected chi connectivity index (χ3v) is 4.76. The first-order valence-corrected chi connectivity index (χ1v) is 8.34. The molecule has 5 heteroatoms. The minimum absolute atomic E-state index is 0.129.